The summed E-state index contributed by atoms with van der Waals surface area (Å²) in [4.78, 5) is 8.41. The second-order valence-corrected chi connectivity index (χ2v) is 3.44. The molecule has 0 bridgehead atoms. The molecule has 0 atom stereocenters. The van der Waals surface area contributed by atoms with Crippen LogP contribution < -0.4 is 0 Å². The van der Waals surface area contributed by atoms with Gasteiger partial charge in [-0.15, -0.1) is 0 Å². The van der Waals surface area contributed by atoms with Gasteiger partial charge in [0.25, 0.3) is 0 Å². The molecule has 98 valence electrons. The van der Waals surface area contributed by atoms with E-state index >= 15 is 0 Å². The number of hydrogen-bond donors (Lipinski definition) is 0. The Morgan fingerprint density at radius 3 is 1.94 bits per heavy atom. The molecule has 0 amide bonds. The smallest absolute Gasteiger partial charge is 0.0373 e. The van der Waals surface area contributed by atoms with Crippen LogP contribution in [0.1, 0.15) is 39.0 Å². The van der Waals surface area contributed by atoms with Gasteiger partial charge in [-0.3, -0.25) is 9.97 Å². The molecule has 0 fully saturated rings. The summed E-state index contributed by atoms with van der Waals surface area (Å²) in [6.45, 7) is 12.0. The van der Waals surface area contributed by atoms with Crippen LogP contribution in [0.4, 0.5) is 0 Å². The first-order valence-corrected chi connectivity index (χ1v) is 6.60. The maximum atomic E-state index is 4.26. The summed E-state index contributed by atoms with van der Waals surface area (Å²) in [5.74, 6) is 0. The van der Waals surface area contributed by atoms with Gasteiger partial charge >= 0.3 is 0 Å². The quantitative estimate of drug-likeness (QED) is 0.719. The number of pyridine rings is 2. The molecule has 2 heteroatoms. The fourth-order valence-corrected chi connectivity index (χ4v) is 1.35. The van der Waals surface area contributed by atoms with Crippen LogP contribution in [0, 0.1) is 13.8 Å². The summed E-state index contributed by atoms with van der Waals surface area (Å²) >= 11 is 0. The molecule has 0 spiro atoms. The van der Waals surface area contributed by atoms with Gasteiger partial charge in [-0.1, -0.05) is 33.8 Å². The number of hydrogen-bond acceptors (Lipinski definition) is 2. The van der Waals surface area contributed by atoms with Crippen LogP contribution in [-0.4, -0.2) is 9.97 Å². The fourth-order valence-electron chi connectivity index (χ4n) is 1.35. The minimum atomic E-state index is 1.04. The maximum Gasteiger partial charge on any atom is 0.0373 e. The Bertz CT molecular complexity index is 433. The molecule has 0 unspecified atom stereocenters. The first kappa shape index (κ1) is 16.3. The Morgan fingerprint density at radius 2 is 1.44 bits per heavy atom. The minimum absolute atomic E-state index is 1.04. The molecule has 0 saturated heterocycles. The average molecular weight is 244 g/mol. The molecular weight excluding hydrogens is 220 g/mol. The molecule has 0 radical (unpaired) electrons. The molecule has 2 aromatic heterocycles. The summed E-state index contributed by atoms with van der Waals surface area (Å²) < 4.78 is 0. The van der Waals surface area contributed by atoms with E-state index in [-0.39, 0.29) is 0 Å². The Morgan fingerprint density at radius 1 is 0.778 bits per heavy atom. The van der Waals surface area contributed by atoms with E-state index in [1.54, 1.807) is 0 Å². The van der Waals surface area contributed by atoms with E-state index in [9.17, 15) is 0 Å². The van der Waals surface area contributed by atoms with E-state index in [1.807, 2.05) is 66.2 Å². The molecule has 0 N–H and O–H groups in total. The first-order valence-electron chi connectivity index (χ1n) is 6.60. The summed E-state index contributed by atoms with van der Waals surface area (Å²) in [6, 6.07) is 6.19. The van der Waals surface area contributed by atoms with Crippen molar-refractivity contribution in [3.05, 3.63) is 48.0 Å². The zero-order valence-corrected chi connectivity index (χ0v) is 12.4. The van der Waals surface area contributed by atoms with Crippen LogP contribution in [0.25, 0.3) is 11.1 Å². The van der Waals surface area contributed by atoms with Crippen molar-refractivity contribution in [1.82, 2.24) is 9.97 Å². The summed E-state index contributed by atoms with van der Waals surface area (Å²) in [5, 5.41) is 0. The molecular formula is C16H24N2. The summed E-state index contributed by atoms with van der Waals surface area (Å²) in [6.07, 6.45) is 5.59. The third-order valence-corrected chi connectivity index (χ3v) is 2.12. The Hall–Kier alpha value is -1.70. The highest BCUT2D eigenvalue weighted by Crippen LogP contribution is 2.17. The molecule has 0 aliphatic heterocycles. The maximum absolute atomic E-state index is 4.26. The van der Waals surface area contributed by atoms with Crippen LogP contribution in [0.3, 0.4) is 0 Å². The summed E-state index contributed by atoms with van der Waals surface area (Å²) in [7, 11) is 0. The number of aryl methyl sites for hydroxylation is 2. The van der Waals surface area contributed by atoms with E-state index in [0.29, 0.717) is 0 Å². The zero-order valence-electron chi connectivity index (χ0n) is 12.4. The third kappa shape index (κ3) is 5.09. The molecule has 2 heterocycles. The van der Waals surface area contributed by atoms with E-state index < -0.39 is 0 Å². The van der Waals surface area contributed by atoms with Crippen LogP contribution in [0.5, 0.6) is 0 Å². The largest absolute Gasteiger partial charge is 0.264 e. The second kappa shape index (κ2) is 9.34. The van der Waals surface area contributed by atoms with Crippen LogP contribution in [0.15, 0.2) is 36.8 Å². The molecule has 2 aromatic rings. The average Bonchev–Trinajstić information content (AvgIpc) is 2.44. The van der Waals surface area contributed by atoms with Gasteiger partial charge in [-0.2, -0.15) is 0 Å². The van der Waals surface area contributed by atoms with Gasteiger partial charge in [0.15, 0.2) is 0 Å². The van der Waals surface area contributed by atoms with Crippen LogP contribution in [-0.2, 0) is 0 Å². The van der Waals surface area contributed by atoms with Crippen molar-refractivity contribution >= 4 is 0 Å². The monoisotopic (exact) mass is 244 g/mol. The van der Waals surface area contributed by atoms with E-state index in [2.05, 4.69) is 22.1 Å². The second-order valence-electron chi connectivity index (χ2n) is 3.44. The Balaban J connectivity index is 0.000000659. The third-order valence-electron chi connectivity index (χ3n) is 2.12. The molecule has 0 aliphatic carbocycles. The highest BCUT2D eigenvalue weighted by atomic mass is 14.7. The van der Waals surface area contributed by atoms with Crippen LogP contribution >= 0.6 is 0 Å². The predicted molar refractivity (Wildman–Crippen MR) is 79.6 cm³/mol. The van der Waals surface area contributed by atoms with E-state index in [1.165, 1.54) is 5.56 Å². The number of rotatable bonds is 1. The number of nitrogens with zero attached hydrogens (tertiary/aromatic N) is 2. The Labute approximate surface area is 111 Å². The minimum Gasteiger partial charge on any atom is -0.264 e. The lowest BCUT2D eigenvalue weighted by Crippen LogP contribution is -1.85. The standard InChI is InChI=1S/C12H12N2.2C2H6/c1-9-5-12(7-13-6-9)11-4-3-10(2)14-8-11;2*1-2/h3-8H,1-2H3;2*1-2H3. The van der Waals surface area contributed by atoms with Gasteiger partial charge in [0.1, 0.15) is 0 Å². The predicted octanol–water partition coefficient (Wildman–Crippen LogP) is 4.81. The van der Waals surface area contributed by atoms with Crippen molar-refractivity contribution in [3.63, 3.8) is 0 Å². The van der Waals surface area contributed by atoms with Crippen molar-refractivity contribution in [2.24, 2.45) is 0 Å². The molecule has 0 aromatic carbocycles. The van der Waals surface area contributed by atoms with Gasteiger partial charge in [0.2, 0.25) is 0 Å². The zero-order chi connectivity index (χ0) is 14.0. The highest BCUT2D eigenvalue weighted by Gasteiger charge is 1.97. The summed E-state index contributed by atoms with van der Waals surface area (Å²) in [5.41, 5.74) is 4.45. The van der Waals surface area contributed by atoms with Gasteiger partial charge in [0, 0.05) is 35.4 Å². The lowest BCUT2D eigenvalue weighted by molar-refractivity contribution is 1.20. The van der Waals surface area contributed by atoms with E-state index in [0.717, 1.165) is 16.8 Å². The first-order chi connectivity index (χ1) is 8.75. The lowest BCUT2D eigenvalue weighted by atomic mass is 10.1. The van der Waals surface area contributed by atoms with Crippen LogP contribution in [0.2, 0.25) is 0 Å². The van der Waals surface area contributed by atoms with E-state index in [4.69, 9.17) is 0 Å². The lowest BCUT2D eigenvalue weighted by Gasteiger charge is -2.01. The molecule has 2 nitrogen and oxygen atoms in total. The SMILES string of the molecule is CC.CC.Cc1cncc(-c2ccc(C)nc2)c1. The highest BCUT2D eigenvalue weighted by molar-refractivity contribution is 5.61. The molecule has 0 saturated carbocycles. The Kier molecular flexibility index (Phi) is 8.46. The topological polar surface area (TPSA) is 25.8 Å². The van der Waals surface area contributed by atoms with Gasteiger partial charge < -0.3 is 0 Å². The fraction of sp³-hybridized carbons (Fsp3) is 0.375. The van der Waals surface area contributed by atoms with Gasteiger partial charge in [-0.05, 0) is 31.5 Å². The van der Waals surface area contributed by atoms with Gasteiger partial charge in [0.05, 0.1) is 0 Å². The number of aromatic nitrogens is 2. The van der Waals surface area contributed by atoms with Crippen molar-refractivity contribution in [3.8, 4) is 11.1 Å². The molecule has 18 heavy (non-hydrogen) atoms. The normalized spacial score (nSPS) is 8.56. The van der Waals surface area contributed by atoms with Gasteiger partial charge in [-0.25, -0.2) is 0 Å². The molecule has 0 aliphatic rings. The van der Waals surface area contributed by atoms with Crippen molar-refractivity contribution in [2.45, 2.75) is 41.5 Å². The molecule has 2 rings (SSSR count). The van der Waals surface area contributed by atoms with Crippen molar-refractivity contribution < 1.29 is 0 Å². The van der Waals surface area contributed by atoms with Crippen molar-refractivity contribution in [1.29, 1.82) is 0 Å². The van der Waals surface area contributed by atoms with Crippen molar-refractivity contribution in [2.75, 3.05) is 0 Å².